The smallest absolute Gasteiger partial charge is 0.263 e. The molecule has 0 aliphatic rings. The van der Waals surface area contributed by atoms with E-state index in [0.717, 1.165) is 21.1 Å². The Morgan fingerprint density at radius 2 is 2.07 bits per heavy atom. The van der Waals surface area contributed by atoms with E-state index >= 15 is 0 Å². The average Bonchev–Trinajstić information content (AvgIpc) is 3.32. The zero-order chi connectivity index (χ0) is 18.8. The third-order valence-electron chi connectivity index (χ3n) is 3.87. The number of benzene rings is 1. The highest BCUT2D eigenvalue weighted by atomic mass is 35.5. The molecule has 0 bridgehead atoms. The largest absolute Gasteiger partial charge is 0.283 e. The molecule has 0 N–H and O–H groups in total. The van der Waals surface area contributed by atoms with Gasteiger partial charge in [-0.2, -0.15) is 0 Å². The standard InChI is InChI=1S/C19H14ClN3OS3/c1-2-8-23-18(24)14-7-9-25-17(14)22-19(23)27-11-12-10-26-16(21-12)13-5-3-4-6-15(13)20/h2-7,9-10H,1,8,11H2. The Bertz CT molecular complexity index is 1180. The molecule has 0 aliphatic heterocycles. The Morgan fingerprint density at radius 1 is 1.22 bits per heavy atom. The number of thiophene rings is 1. The zero-order valence-electron chi connectivity index (χ0n) is 14.1. The van der Waals surface area contributed by atoms with Crippen LogP contribution in [0.4, 0.5) is 0 Å². The fraction of sp³-hybridized carbons (Fsp3) is 0.105. The van der Waals surface area contributed by atoms with Gasteiger partial charge in [0.05, 0.1) is 16.1 Å². The van der Waals surface area contributed by atoms with E-state index in [-0.39, 0.29) is 5.56 Å². The Morgan fingerprint density at radius 3 is 2.89 bits per heavy atom. The van der Waals surface area contributed by atoms with Crippen LogP contribution < -0.4 is 5.56 Å². The molecule has 4 rings (SSSR count). The molecule has 0 atom stereocenters. The van der Waals surface area contributed by atoms with Crippen LogP contribution in [0.25, 0.3) is 20.8 Å². The zero-order valence-corrected chi connectivity index (χ0v) is 17.3. The van der Waals surface area contributed by atoms with Gasteiger partial charge in [-0.15, -0.1) is 29.3 Å². The van der Waals surface area contributed by atoms with Gasteiger partial charge in [-0.3, -0.25) is 9.36 Å². The van der Waals surface area contributed by atoms with Crippen LogP contribution in [0.15, 0.2) is 63.7 Å². The summed E-state index contributed by atoms with van der Waals surface area (Å²) in [7, 11) is 0. The Labute approximate surface area is 173 Å². The number of hydrogen-bond donors (Lipinski definition) is 0. The molecule has 4 aromatic rings. The van der Waals surface area contributed by atoms with Crippen LogP contribution in [0.3, 0.4) is 0 Å². The van der Waals surface area contributed by atoms with Crippen LogP contribution in [-0.2, 0) is 12.3 Å². The molecule has 0 fully saturated rings. The SMILES string of the molecule is C=CCn1c(SCc2csc(-c3ccccc3Cl)n2)nc2sccc2c1=O. The number of halogens is 1. The van der Waals surface area contributed by atoms with Crippen molar-refractivity contribution >= 4 is 56.3 Å². The third-order valence-corrected chi connectivity index (χ3v) is 6.94. The quantitative estimate of drug-likeness (QED) is 0.223. The van der Waals surface area contributed by atoms with Crippen molar-refractivity contribution in [1.82, 2.24) is 14.5 Å². The summed E-state index contributed by atoms with van der Waals surface area (Å²) < 4.78 is 1.66. The van der Waals surface area contributed by atoms with E-state index < -0.39 is 0 Å². The maximum Gasteiger partial charge on any atom is 0.263 e. The van der Waals surface area contributed by atoms with Crippen molar-refractivity contribution in [2.45, 2.75) is 17.5 Å². The Kier molecular flexibility index (Phi) is 5.45. The van der Waals surface area contributed by atoms with Gasteiger partial charge in [0.25, 0.3) is 5.56 Å². The molecule has 0 aliphatic carbocycles. The van der Waals surface area contributed by atoms with Crippen LogP contribution in [0.5, 0.6) is 0 Å². The molecule has 3 heterocycles. The predicted molar refractivity (Wildman–Crippen MR) is 116 cm³/mol. The van der Waals surface area contributed by atoms with Crippen LogP contribution >= 0.6 is 46.0 Å². The van der Waals surface area contributed by atoms with Crippen molar-refractivity contribution in [1.29, 1.82) is 0 Å². The maximum atomic E-state index is 12.7. The lowest BCUT2D eigenvalue weighted by molar-refractivity contribution is 0.672. The highest BCUT2D eigenvalue weighted by Gasteiger charge is 2.13. The molecule has 4 nitrogen and oxygen atoms in total. The molecular formula is C19H14ClN3OS3. The van der Waals surface area contributed by atoms with Crippen molar-refractivity contribution in [3.8, 4) is 10.6 Å². The Hall–Kier alpha value is -1.93. The number of thiazole rings is 1. The summed E-state index contributed by atoms with van der Waals surface area (Å²) in [5, 5.41) is 6.83. The highest BCUT2D eigenvalue weighted by Crippen LogP contribution is 2.32. The second kappa shape index (κ2) is 7.98. The summed E-state index contributed by atoms with van der Waals surface area (Å²) in [6.07, 6.45) is 1.71. The van der Waals surface area contributed by atoms with Gasteiger partial charge in [-0.1, -0.05) is 47.6 Å². The van der Waals surface area contributed by atoms with E-state index in [4.69, 9.17) is 11.6 Å². The van der Waals surface area contributed by atoms with Crippen molar-refractivity contribution in [3.63, 3.8) is 0 Å². The minimum absolute atomic E-state index is 0.0290. The van der Waals surface area contributed by atoms with E-state index in [1.165, 1.54) is 23.1 Å². The lowest BCUT2D eigenvalue weighted by atomic mass is 10.2. The van der Waals surface area contributed by atoms with Gasteiger partial charge in [-0.25, -0.2) is 9.97 Å². The predicted octanol–water partition coefficient (Wildman–Crippen LogP) is 5.71. The molecule has 1 aromatic carbocycles. The van der Waals surface area contributed by atoms with Crippen LogP contribution in [0.2, 0.25) is 5.02 Å². The van der Waals surface area contributed by atoms with E-state index in [1.54, 1.807) is 22.0 Å². The van der Waals surface area contributed by atoms with E-state index in [0.29, 0.717) is 27.9 Å². The monoisotopic (exact) mass is 431 g/mol. The molecule has 0 spiro atoms. The number of thioether (sulfide) groups is 1. The number of hydrogen-bond acceptors (Lipinski definition) is 6. The number of nitrogens with zero attached hydrogens (tertiary/aromatic N) is 3. The minimum atomic E-state index is -0.0290. The number of rotatable bonds is 6. The van der Waals surface area contributed by atoms with Gasteiger partial charge < -0.3 is 0 Å². The van der Waals surface area contributed by atoms with Crippen LogP contribution in [0, 0.1) is 0 Å². The topological polar surface area (TPSA) is 47.8 Å². The maximum absolute atomic E-state index is 12.7. The summed E-state index contributed by atoms with van der Waals surface area (Å²) in [4.78, 5) is 22.8. The number of fused-ring (bicyclic) bond motifs is 1. The first-order valence-electron chi connectivity index (χ1n) is 8.08. The average molecular weight is 432 g/mol. The van der Waals surface area contributed by atoms with Crippen molar-refractivity contribution < 1.29 is 0 Å². The molecule has 0 saturated heterocycles. The molecule has 0 unspecified atom stereocenters. The fourth-order valence-corrected chi connectivity index (χ4v) is 5.55. The summed E-state index contributed by atoms with van der Waals surface area (Å²) in [5.41, 5.74) is 1.84. The normalized spacial score (nSPS) is 11.1. The van der Waals surface area contributed by atoms with Gasteiger partial charge in [0.1, 0.15) is 9.84 Å². The number of aromatic nitrogens is 3. The van der Waals surface area contributed by atoms with Crippen LogP contribution in [-0.4, -0.2) is 14.5 Å². The number of allylic oxidation sites excluding steroid dienone is 1. The summed E-state index contributed by atoms with van der Waals surface area (Å²) in [5.74, 6) is 0.626. The van der Waals surface area contributed by atoms with Crippen molar-refractivity contribution in [3.05, 3.63) is 74.8 Å². The Balaban J connectivity index is 1.61. The molecule has 8 heteroatoms. The first kappa shape index (κ1) is 18.4. The molecule has 3 aromatic heterocycles. The third kappa shape index (κ3) is 3.73. The molecule has 0 amide bonds. The van der Waals surface area contributed by atoms with Gasteiger partial charge in [0.2, 0.25) is 0 Å². The van der Waals surface area contributed by atoms with Crippen LogP contribution in [0.1, 0.15) is 5.69 Å². The second-order valence-corrected chi connectivity index (χ2v) is 8.75. The van der Waals surface area contributed by atoms with Gasteiger partial charge in [0, 0.05) is 23.2 Å². The molecule has 136 valence electrons. The fourth-order valence-electron chi connectivity index (χ4n) is 2.60. The first-order valence-corrected chi connectivity index (χ1v) is 11.2. The molecule has 27 heavy (non-hydrogen) atoms. The van der Waals surface area contributed by atoms with E-state index in [2.05, 4.69) is 16.5 Å². The molecule has 0 radical (unpaired) electrons. The minimum Gasteiger partial charge on any atom is -0.283 e. The first-order chi connectivity index (χ1) is 13.2. The van der Waals surface area contributed by atoms with Gasteiger partial charge in [-0.05, 0) is 17.5 Å². The van der Waals surface area contributed by atoms with E-state index in [9.17, 15) is 4.79 Å². The lowest BCUT2D eigenvalue weighted by Crippen LogP contribution is -2.22. The summed E-state index contributed by atoms with van der Waals surface area (Å²) in [6.45, 7) is 4.18. The van der Waals surface area contributed by atoms with Gasteiger partial charge >= 0.3 is 0 Å². The lowest BCUT2D eigenvalue weighted by Gasteiger charge is -2.09. The molecular weight excluding hydrogens is 418 g/mol. The van der Waals surface area contributed by atoms with E-state index in [1.807, 2.05) is 41.1 Å². The highest BCUT2D eigenvalue weighted by molar-refractivity contribution is 7.98. The molecule has 0 saturated carbocycles. The summed E-state index contributed by atoms with van der Waals surface area (Å²) >= 11 is 10.8. The van der Waals surface area contributed by atoms with Crippen molar-refractivity contribution in [2.75, 3.05) is 0 Å². The summed E-state index contributed by atoms with van der Waals surface area (Å²) in [6, 6.07) is 9.50. The van der Waals surface area contributed by atoms with Gasteiger partial charge in [0.15, 0.2) is 5.16 Å². The second-order valence-electron chi connectivity index (χ2n) is 5.65. The van der Waals surface area contributed by atoms with Crippen molar-refractivity contribution in [2.24, 2.45) is 0 Å².